The van der Waals surface area contributed by atoms with Gasteiger partial charge in [-0.1, -0.05) is 19.9 Å². The third kappa shape index (κ3) is 5.29. The lowest BCUT2D eigenvalue weighted by molar-refractivity contribution is 0.0474. The first-order valence-corrected chi connectivity index (χ1v) is 10.2. The lowest BCUT2D eigenvalue weighted by atomic mass is 10.1. The highest BCUT2D eigenvalue weighted by molar-refractivity contribution is 5.99. The summed E-state index contributed by atoms with van der Waals surface area (Å²) in [5, 5.41) is 3.34. The maximum atomic E-state index is 13.2. The van der Waals surface area contributed by atoms with E-state index >= 15 is 0 Å². The zero-order valence-corrected chi connectivity index (χ0v) is 17.1. The van der Waals surface area contributed by atoms with E-state index in [1.807, 2.05) is 41.4 Å². The van der Waals surface area contributed by atoms with Gasteiger partial charge < -0.3 is 10.2 Å². The van der Waals surface area contributed by atoms with Gasteiger partial charge in [-0.15, -0.1) is 0 Å². The number of pyridine rings is 2. The van der Waals surface area contributed by atoms with E-state index < -0.39 is 0 Å². The van der Waals surface area contributed by atoms with Crippen LogP contribution in [0.15, 0.2) is 42.7 Å². The number of anilines is 1. The number of nitrogens with zero attached hydrogens (tertiary/aromatic N) is 4. The number of aromatic nitrogens is 2. The predicted octanol–water partition coefficient (Wildman–Crippen LogP) is 3.28. The molecular weight excluding hydrogens is 350 g/mol. The number of rotatable bonds is 7. The fourth-order valence-electron chi connectivity index (χ4n) is 3.55. The second kappa shape index (κ2) is 9.64. The second-order valence-corrected chi connectivity index (χ2v) is 7.91. The van der Waals surface area contributed by atoms with Crippen LogP contribution < -0.4 is 5.32 Å². The molecule has 0 aromatic carbocycles. The normalized spacial score (nSPS) is 17.7. The molecular formula is C22H31N5O. The minimum absolute atomic E-state index is 0.0603. The summed E-state index contributed by atoms with van der Waals surface area (Å²) < 4.78 is 0. The van der Waals surface area contributed by atoms with Gasteiger partial charge >= 0.3 is 0 Å². The average molecular weight is 382 g/mol. The molecule has 2 aromatic rings. The fourth-order valence-corrected chi connectivity index (χ4v) is 3.55. The van der Waals surface area contributed by atoms with Crippen molar-refractivity contribution in [2.45, 2.75) is 39.8 Å². The van der Waals surface area contributed by atoms with Gasteiger partial charge in [0.15, 0.2) is 0 Å². The van der Waals surface area contributed by atoms with Gasteiger partial charge in [0, 0.05) is 51.2 Å². The molecule has 1 unspecified atom stereocenters. The van der Waals surface area contributed by atoms with E-state index in [9.17, 15) is 4.79 Å². The number of piperazine rings is 1. The topological polar surface area (TPSA) is 61.4 Å². The second-order valence-electron chi connectivity index (χ2n) is 7.91. The van der Waals surface area contributed by atoms with Crippen molar-refractivity contribution in [1.82, 2.24) is 19.8 Å². The van der Waals surface area contributed by atoms with E-state index in [4.69, 9.17) is 0 Å². The summed E-state index contributed by atoms with van der Waals surface area (Å²) in [7, 11) is 0. The molecule has 0 bridgehead atoms. The number of hydrogen-bond donors (Lipinski definition) is 1. The lowest BCUT2D eigenvalue weighted by Crippen LogP contribution is -2.53. The highest BCUT2D eigenvalue weighted by Gasteiger charge is 2.29. The Kier molecular flexibility index (Phi) is 6.98. The van der Waals surface area contributed by atoms with Gasteiger partial charge in [0.1, 0.15) is 5.82 Å². The molecule has 0 saturated carbocycles. The summed E-state index contributed by atoms with van der Waals surface area (Å²) in [6, 6.07) is 9.86. The first-order valence-electron chi connectivity index (χ1n) is 10.2. The Labute approximate surface area is 168 Å². The van der Waals surface area contributed by atoms with Crippen molar-refractivity contribution in [2.75, 3.05) is 31.5 Å². The lowest BCUT2D eigenvalue weighted by Gasteiger charge is -2.40. The van der Waals surface area contributed by atoms with E-state index in [-0.39, 0.29) is 11.9 Å². The fraction of sp³-hybridized carbons (Fsp3) is 0.500. The minimum atomic E-state index is 0.0603. The van der Waals surface area contributed by atoms with Gasteiger partial charge in [0.25, 0.3) is 5.91 Å². The Balaban J connectivity index is 1.62. The van der Waals surface area contributed by atoms with Gasteiger partial charge in [-0.05, 0) is 43.5 Å². The van der Waals surface area contributed by atoms with Crippen molar-refractivity contribution < 1.29 is 4.79 Å². The zero-order chi connectivity index (χ0) is 19.9. The average Bonchev–Trinajstić information content (AvgIpc) is 2.68. The van der Waals surface area contributed by atoms with Crippen LogP contribution in [0.25, 0.3) is 0 Å². The van der Waals surface area contributed by atoms with Crippen LogP contribution in [-0.4, -0.2) is 57.9 Å². The molecule has 6 heteroatoms. The third-order valence-electron chi connectivity index (χ3n) is 5.14. The number of nitrogens with one attached hydrogen (secondary N) is 1. The molecule has 1 fully saturated rings. The van der Waals surface area contributed by atoms with Gasteiger partial charge in [0.05, 0.1) is 11.3 Å². The van der Waals surface area contributed by atoms with Gasteiger partial charge in [-0.3, -0.25) is 14.7 Å². The summed E-state index contributed by atoms with van der Waals surface area (Å²) in [5.74, 6) is 1.36. The SMILES string of the molecule is CC(C)CCNc1ncccc1C(=O)N1CCN(Cc2ccccn2)CC1C. The number of carbonyl (C=O) groups excluding carboxylic acids is 1. The molecule has 1 N–H and O–H groups in total. The maximum absolute atomic E-state index is 13.2. The van der Waals surface area contributed by atoms with Crippen LogP contribution in [0.4, 0.5) is 5.82 Å². The van der Waals surface area contributed by atoms with Gasteiger partial charge in [-0.25, -0.2) is 4.98 Å². The molecule has 0 spiro atoms. The van der Waals surface area contributed by atoms with E-state index in [0.717, 1.165) is 38.3 Å². The molecule has 3 heterocycles. The Morgan fingerprint density at radius 2 is 2.00 bits per heavy atom. The summed E-state index contributed by atoms with van der Waals surface area (Å²) >= 11 is 0. The highest BCUT2D eigenvalue weighted by atomic mass is 16.2. The molecule has 1 aliphatic heterocycles. The number of hydrogen-bond acceptors (Lipinski definition) is 5. The third-order valence-corrected chi connectivity index (χ3v) is 5.14. The Morgan fingerprint density at radius 1 is 1.18 bits per heavy atom. The van der Waals surface area contributed by atoms with Crippen LogP contribution in [0.2, 0.25) is 0 Å². The number of carbonyl (C=O) groups is 1. The predicted molar refractivity (Wildman–Crippen MR) is 112 cm³/mol. The first kappa shape index (κ1) is 20.3. The molecule has 28 heavy (non-hydrogen) atoms. The van der Waals surface area contributed by atoms with Crippen molar-refractivity contribution in [3.8, 4) is 0 Å². The van der Waals surface area contributed by atoms with Crippen molar-refractivity contribution >= 4 is 11.7 Å². The number of amides is 1. The molecule has 0 radical (unpaired) electrons. The van der Waals surface area contributed by atoms with Crippen molar-refractivity contribution in [2.24, 2.45) is 5.92 Å². The van der Waals surface area contributed by atoms with Crippen molar-refractivity contribution in [1.29, 1.82) is 0 Å². The van der Waals surface area contributed by atoms with Crippen LogP contribution in [0.5, 0.6) is 0 Å². The van der Waals surface area contributed by atoms with Crippen molar-refractivity contribution in [3.05, 3.63) is 54.0 Å². The standard InChI is InChI=1S/C22H31N5O/c1-17(2)9-12-25-21-20(8-6-11-24-21)22(28)27-14-13-26(15-18(27)3)16-19-7-4-5-10-23-19/h4-8,10-11,17-18H,9,12-16H2,1-3H3,(H,24,25). The van der Waals surface area contributed by atoms with Crippen LogP contribution >= 0.6 is 0 Å². The maximum Gasteiger partial charge on any atom is 0.257 e. The summed E-state index contributed by atoms with van der Waals surface area (Å²) in [5.41, 5.74) is 1.73. The quantitative estimate of drug-likeness (QED) is 0.797. The van der Waals surface area contributed by atoms with E-state index in [1.165, 1.54) is 0 Å². The molecule has 1 amide bonds. The monoisotopic (exact) mass is 381 g/mol. The Hall–Kier alpha value is -2.47. The molecule has 1 aliphatic rings. The Bertz CT molecular complexity index is 765. The van der Waals surface area contributed by atoms with E-state index in [2.05, 4.69) is 41.0 Å². The molecule has 6 nitrogen and oxygen atoms in total. The summed E-state index contributed by atoms with van der Waals surface area (Å²) in [6.45, 7) is 10.6. The zero-order valence-electron chi connectivity index (χ0n) is 17.1. The summed E-state index contributed by atoms with van der Waals surface area (Å²) in [4.78, 5) is 26.4. The largest absolute Gasteiger partial charge is 0.369 e. The summed E-state index contributed by atoms with van der Waals surface area (Å²) in [6.07, 6.45) is 4.62. The highest BCUT2D eigenvalue weighted by Crippen LogP contribution is 2.19. The van der Waals surface area contributed by atoms with Gasteiger partial charge in [0.2, 0.25) is 0 Å². The molecule has 1 saturated heterocycles. The molecule has 0 aliphatic carbocycles. The molecule has 3 rings (SSSR count). The van der Waals surface area contributed by atoms with E-state index in [0.29, 0.717) is 23.8 Å². The molecule has 150 valence electrons. The Morgan fingerprint density at radius 3 is 2.71 bits per heavy atom. The van der Waals surface area contributed by atoms with E-state index in [1.54, 1.807) is 6.20 Å². The smallest absolute Gasteiger partial charge is 0.257 e. The van der Waals surface area contributed by atoms with Crippen LogP contribution in [0.1, 0.15) is 43.2 Å². The van der Waals surface area contributed by atoms with Gasteiger partial charge in [-0.2, -0.15) is 0 Å². The van der Waals surface area contributed by atoms with Crippen LogP contribution in [0, 0.1) is 5.92 Å². The van der Waals surface area contributed by atoms with Crippen LogP contribution in [0.3, 0.4) is 0 Å². The molecule has 1 atom stereocenters. The molecule has 2 aromatic heterocycles. The first-order chi connectivity index (χ1) is 13.5. The van der Waals surface area contributed by atoms with Crippen LogP contribution in [-0.2, 0) is 6.54 Å². The minimum Gasteiger partial charge on any atom is -0.369 e. The van der Waals surface area contributed by atoms with Crippen molar-refractivity contribution in [3.63, 3.8) is 0 Å².